The Morgan fingerprint density at radius 3 is 2.13 bits per heavy atom. The van der Waals surface area contributed by atoms with E-state index in [0.717, 1.165) is 50.0 Å². The summed E-state index contributed by atoms with van der Waals surface area (Å²) in [6.07, 6.45) is 0.381. The lowest BCUT2D eigenvalue weighted by Crippen LogP contribution is -2.27. The average Bonchev–Trinajstić information content (AvgIpc) is 3.15. The van der Waals surface area contributed by atoms with Crippen LogP contribution in [0.25, 0.3) is 33.2 Å². The average molecular weight is 540 g/mol. The molecule has 0 aliphatic rings. The van der Waals surface area contributed by atoms with Crippen LogP contribution in [0.5, 0.6) is 0 Å². The van der Waals surface area contributed by atoms with Crippen molar-refractivity contribution in [1.82, 2.24) is 4.57 Å². The molecule has 0 bridgehead atoms. The zero-order valence-corrected chi connectivity index (χ0v) is 23.3. The van der Waals surface area contributed by atoms with Gasteiger partial charge in [0.25, 0.3) is 0 Å². The number of carbonyl (C=O) groups is 1. The molecule has 1 aromatic heterocycles. The Bertz CT molecular complexity index is 1680. The molecule has 5 rings (SSSR count). The summed E-state index contributed by atoms with van der Waals surface area (Å²) in [4.78, 5) is 12.0. The van der Waals surface area contributed by atoms with Crippen molar-refractivity contribution in [2.45, 2.75) is 40.7 Å². The van der Waals surface area contributed by atoms with Gasteiger partial charge in [0.2, 0.25) is 0 Å². The summed E-state index contributed by atoms with van der Waals surface area (Å²) in [6, 6.07) is 27.1. The van der Waals surface area contributed by atoms with E-state index in [1.165, 1.54) is 0 Å². The molecule has 0 saturated heterocycles. The molecular weight excluding hydrogens is 509 g/mol. The lowest BCUT2D eigenvalue weighted by atomic mass is 9.87. The van der Waals surface area contributed by atoms with Crippen molar-refractivity contribution in [3.63, 3.8) is 0 Å². The predicted molar refractivity (Wildman–Crippen MR) is 158 cm³/mol. The first-order valence-corrected chi connectivity index (χ1v) is 13.4. The van der Waals surface area contributed by atoms with E-state index in [9.17, 15) is 9.90 Å². The number of halogens is 2. The van der Waals surface area contributed by atoms with Crippen molar-refractivity contribution in [3.05, 3.63) is 118 Å². The predicted octanol–water partition coefficient (Wildman–Crippen LogP) is 9.09. The van der Waals surface area contributed by atoms with Gasteiger partial charge in [-0.15, -0.1) is 0 Å². The van der Waals surface area contributed by atoms with Gasteiger partial charge < -0.3 is 9.67 Å². The molecule has 39 heavy (non-hydrogen) atoms. The van der Waals surface area contributed by atoms with E-state index < -0.39 is 11.4 Å². The van der Waals surface area contributed by atoms with Gasteiger partial charge in [-0.05, 0) is 85.8 Å². The third-order valence-corrected chi connectivity index (χ3v) is 7.81. The topological polar surface area (TPSA) is 42.2 Å². The number of aliphatic carboxylic acids is 1. The highest BCUT2D eigenvalue weighted by Crippen LogP contribution is 2.36. The van der Waals surface area contributed by atoms with Gasteiger partial charge in [0, 0.05) is 40.1 Å². The molecule has 3 nitrogen and oxygen atoms in total. The minimum atomic E-state index is -0.936. The van der Waals surface area contributed by atoms with E-state index in [2.05, 4.69) is 16.7 Å². The van der Waals surface area contributed by atoms with Crippen LogP contribution in [0.15, 0.2) is 84.9 Å². The van der Waals surface area contributed by atoms with Crippen LogP contribution in [0, 0.1) is 25.1 Å². The molecule has 0 radical (unpaired) electrons. The lowest BCUT2D eigenvalue weighted by Gasteiger charge is -2.21. The number of carboxylic acids is 1. The van der Waals surface area contributed by atoms with Gasteiger partial charge >= 0.3 is 5.97 Å². The quantitative estimate of drug-likeness (QED) is 0.224. The second-order valence-electron chi connectivity index (χ2n) is 10.9. The lowest BCUT2D eigenvalue weighted by molar-refractivity contribution is -0.146. The summed E-state index contributed by atoms with van der Waals surface area (Å²) in [7, 11) is 0. The number of fused-ring (bicyclic) bond motifs is 1. The normalized spacial score (nSPS) is 11.7. The third-order valence-electron chi connectivity index (χ3n) is 7.56. The fourth-order valence-corrected chi connectivity index (χ4v) is 5.22. The van der Waals surface area contributed by atoms with Gasteiger partial charge in [0.05, 0.1) is 5.41 Å². The Balaban J connectivity index is 1.59. The Kier molecular flexibility index (Phi) is 7.09. The monoisotopic (exact) mass is 539 g/mol. The molecule has 0 saturated carbocycles. The first kappa shape index (κ1) is 26.7. The van der Waals surface area contributed by atoms with Gasteiger partial charge in [0.15, 0.2) is 0 Å². The molecule has 5 heteroatoms. The Morgan fingerprint density at radius 2 is 1.49 bits per heavy atom. The van der Waals surface area contributed by atoms with Crippen LogP contribution in [0.2, 0.25) is 5.02 Å². The highest BCUT2D eigenvalue weighted by atomic mass is 35.5. The summed E-state index contributed by atoms with van der Waals surface area (Å²) in [5.41, 5.74) is 7.42. The molecule has 1 heterocycles. The van der Waals surface area contributed by atoms with Gasteiger partial charge in [-0.3, -0.25) is 4.79 Å². The maximum Gasteiger partial charge on any atom is 0.309 e. The van der Waals surface area contributed by atoms with Crippen molar-refractivity contribution in [2.24, 2.45) is 5.41 Å². The smallest absolute Gasteiger partial charge is 0.309 e. The van der Waals surface area contributed by atoms with E-state index >= 15 is 4.39 Å². The van der Waals surface area contributed by atoms with Crippen molar-refractivity contribution < 1.29 is 14.3 Å². The van der Waals surface area contributed by atoms with Crippen molar-refractivity contribution in [1.29, 1.82) is 0 Å². The van der Waals surface area contributed by atoms with Crippen molar-refractivity contribution >= 4 is 28.5 Å². The fraction of sp³-hybridized carbons (Fsp3) is 0.206. The van der Waals surface area contributed by atoms with Crippen LogP contribution < -0.4 is 0 Å². The number of rotatable bonds is 7. The summed E-state index contributed by atoms with van der Waals surface area (Å²) in [6.45, 7) is 8.15. The zero-order chi connectivity index (χ0) is 27.9. The molecule has 1 N–H and O–H groups in total. The SMILES string of the molecule is Cc1ccc(-c2ccc(-c3ccc4c(c3)c(C)c(CC(C)(C)C(=O)O)n4Cc3ccc(Cl)cc3)cc2F)cc1. The number of hydrogen-bond donors (Lipinski definition) is 1. The number of aryl methyl sites for hydroxylation is 2. The van der Waals surface area contributed by atoms with E-state index in [4.69, 9.17) is 11.6 Å². The number of carboxylic acid groups (broad SMARTS) is 1. The molecule has 0 atom stereocenters. The highest BCUT2D eigenvalue weighted by Gasteiger charge is 2.30. The zero-order valence-electron chi connectivity index (χ0n) is 22.6. The minimum absolute atomic E-state index is 0.266. The number of nitrogens with zero attached hydrogens (tertiary/aromatic N) is 1. The Hall–Kier alpha value is -3.89. The van der Waals surface area contributed by atoms with Crippen molar-refractivity contribution in [3.8, 4) is 22.3 Å². The van der Waals surface area contributed by atoms with Gasteiger partial charge in [-0.25, -0.2) is 4.39 Å². The maximum atomic E-state index is 15.2. The molecule has 0 amide bonds. The van der Waals surface area contributed by atoms with Crippen LogP contribution in [0.1, 0.15) is 36.2 Å². The first-order chi connectivity index (χ1) is 18.5. The minimum Gasteiger partial charge on any atom is -0.481 e. The molecule has 198 valence electrons. The summed E-state index contributed by atoms with van der Waals surface area (Å²) < 4.78 is 17.4. The van der Waals surface area contributed by atoms with E-state index in [1.807, 2.05) is 80.6 Å². The van der Waals surface area contributed by atoms with Crippen LogP contribution in [-0.2, 0) is 17.8 Å². The Morgan fingerprint density at radius 1 is 0.872 bits per heavy atom. The second-order valence-corrected chi connectivity index (χ2v) is 11.4. The molecule has 0 aliphatic heterocycles. The fourth-order valence-electron chi connectivity index (χ4n) is 5.09. The molecule has 0 unspecified atom stereocenters. The number of aromatic nitrogens is 1. The number of hydrogen-bond acceptors (Lipinski definition) is 1. The molecule has 0 spiro atoms. The van der Waals surface area contributed by atoms with Crippen LogP contribution >= 0.6 is 11.6 Å². The van der Waals surface area contributed by atoms with Gasteiger partial charge in [-0.2, -0.15) is 0 Å². The van der Waals surface area contributed by atoms with Crippen LogP contribution in [-0.4, -0.2) is 15.6 Å². The summed E-state index contributed by atoms with van der Waals surface area (Å²) in [5.74, 6) is -1.10. The molecule has 5 aromatic rings. The highest BCUT2D eigenvalue weighted by molar-refractivity contribution is 6.30. The van der Waals surface area contributed by atoms with E-state index in [-0.39, 0.29) is 5.82 Å². The van der Waals surface area contributed by atoms with Crippen LogP contribution in [0.4, 0.5) is 4.39 Å². The number of benzene rings is 4. The molecule has 0 fully saturated rings. The Labute approximate surface area is 233 Å². The molecule has 4 aromatic carbocycles. The summed E-state index contributed by atoms with van der Waals surface area (Å²) in [5, 5.41) is 11.6. The van der Waals surface area contributed by atoms with E-state index in [0.29, 0.717) is 23.6 Å². The van der Waals surface area contributed by atoms with Crippen LogP contribution in [0.3, 0.4) is 0 Å². The van der Waals surface area contributed by atoms with Gasteiger partial charge in [0.1, 0.15) is 5.82 Å². The largest absolute Gasteiger partial charge is 0.481 e. The third kappa shape index (κ3) is 5.35. The maximum absolute atomic E-state index is 15.2. The second kappa shape index (κ2) is 10.3. The van der Waals surface area contributed by atoms with Crippen molar-refractivity contribution in [2.75, 3.05) is 0 Å². The standard InChI is InChI=1S/C34H31ClFNO2/c1-21-5-9-24(10-6-21)28-15-11-26(18-30(28)36)25-12-16-31-29(17-25)22(2)32(19-34(3,4)33(38)39)37(31)20-23-7-13-27(35)14-8-23/h5-18H,19-20H2,1-4H3,(H,38,39). The molecular formula is C34H31ClFNO2. The molecule has 0 aliphatic carbocycles. The van der Waals surface area contributed by atoms with Gasteiger partial charge in [-0.1, -0.05) is 71.8 Å². The summed E-state index contributed by atoms with van der Waals surface area (Å²) >= 11 is 6.11. The first-order valence-electron chi connectivity index (χ1n) is 13.0. The van der Waals surface area contributed by atoms with E-state index in [1.54, 1.807) is 19.9 Å².